The van der Waals surface area contributed by atoms with Crippen molar-refractivity contribution in [3.8, 4) is 0 Å². The van der Waals surface area contributed by atoms with Crippen LogP contribution in [-0.4, -0.2) is 32.2 Å². The minimum absolute atomic E-state index is 0.166. The summed E-state index contributed by atoms with van der Waals surface area (Å²) in [4.78, 5) is 11.5. The van der Waals surface area contributed by atoms with Gasteiger partial charge in [0.05, 0.1) is 12.8 Å². The van der Waals surface area contributed by atoms with E-state index in [0.29, 0.717) is 6.54 Å². The molecule has 0 aromatic rings. The second kappa shape index (κ2) is 3.86. The van der Waals surface area contributed by atoms with Crippen molar-refractivity contribution < 1.29 is 17.5 Å². The Labute approximate surface area is 84.1 Å². The van der Waals surface area contributed by atoms with Crippen molar-refractivity contribution in [1.82, 2.24) is 5.06 Å². The van der Waals surface area contributed by atoms with Gasteiger partial charge in [-0.3, -0.25) is 4.79 Å². The van der Waals surface area contributed by atoms with E-state index in [9.17, 15) is 13.2 Å². The molecule has 14 heavy (non-hydrogen) atoms. The smallest absolute Gasteiger partial charge is 0.272 e. The lowest BCUT2D eigenvalue weighted by atomic mass is 9.92. The molecule has 2 atom stereocenters. The number of nitrogens with zero attached hydrogens (tertiary/aromatic N) is 1. The van der Waals surface area contributed by atoms with Crippen molar-refractivity contribution in [1.29, 1.82) is 0 Å². The second-order valence-corrected chi connectivity index (χ2v) is 5.48. The molecule has 1 saturated heterocycles. The zero-order chi connectivity index (χ0) is 10.9. The van der Waals surface area contributed by atoms with Gasteiger partial charge in [0.2, 0.25) is 5.91 Å². The van der Waals surface area contributed by atoms with Gasteiger partial charge in [0.25, 0.3) is 10.1 Å². The molecule has 1 rings (SSSR count). The number of piperidine rings is 1. The molecule has 1 aliphatic heterocycles. The number of hydrogen-bond donors (Lipinski definition) is 0. The van der Waals surface area contributed by atoms with Gasteiger partial charge in [0.1, 0.15) is 0 Å². The van der Waals surface area contributed by atoms with Gasteiger partial charge in [-0.25, -0.2) is 5.06 Å². The minimum Gasteiger partial charge on any atom is -0.272 e. The number of hydroxylamine groups is 2. The SMILES string of the molecule is C[C@H]1C[C@H](C)C(=O)N(OS(C)(=O)=O)C1. The van der Waals surface area contributed by atoms with Gasteiger partial charge in [0.15, 0.2) is 0 Å². The van der Waals surface area contributed by atoms with Gasteiger partial charge in [-0.15, -0.1) is 4.28 Å². The lowest BCUT2D eigenvalue weighted by molar-refractivity contribution is -0.169. The first kappa shape index (κ1) is 11.5. The van der Waals surface area contributed by atoms with Gasteiger partial charge >= 0.3 is 0 Å². The summed E-state index contributed by atoms with van der Waals surface area (Å²) < 4.78 is 26.3. The fourth-order valence-electron chi connectivity index (χ4n) is 1.63. The normalized spacial score (nSPS) is 29.4. The highest BCUT2D eigenvalue weighted by molar-refractivity contribution is 7.85. The highest BCUT2D eigenvalue weighted by Gasteiger charge is 2.32. The summed E-state index contributed by atoms with van der Waals surface area (Å²) in [7, 11) is -3.60. The van der Waals surface area contributed by atoms with E-state index in [4.69, 9.17) is 0 Å². The Bertz CT molecular complexity index is 324. The molecule has 1 amide bonds. The Hall–Kier alpha value is -0.620. The van der Waals surface area contributed by atoms with Crippen molar-refractivity contribution in [2.75, 3.05) is 12.8 Å². The molecular weight excluding hydrogens is 206 g/mol. The van der Waals surface area contributed by atoms with Crippen LogP contribution in [0.4, 0.5) is 0 Å². The molecule has 1 aliphatic rings. The third-order valence-electron chi connectivity index (χ3n) is 2.13. The molecule has 0 aliphatic carbocycles. The van der Waals surface area contributed by atoms with Crippen LogP contribution in [0, 0.1) is 11.8 Å². The van der Waals surface area contributed by atoms with E-state index in [2.05, 4.69) is 4.28 Å². The Balaban J connectivity index is 2.72. The molecule has 5 nitrogen and oxygen atoms in total. The lowest BCUT2D eigenvalue weighted by Gasteiger charge is -2.32. The Morgan fingerprint density at radius 2 is 2.00 bits per heavy atom. The van der Waals surface area contributed by atoms with E-state index in [1.807, 2.05) is 6.92 Å². The molecule has 0 aromatic carbocycles. The van der Waals surface area contributed by atoms with E-state index in [1.54, 1.807) is 6.92 Å². The van der Waals surface area contributed by atoms with Crippen LogP contribution >= 0.6 is 0 Å². The van der Waals surface area contributed by atoms with Gasteiger partial charge in [0, 0.05) is 5.92 Å². The standard InChI is InChI=1S/C8H15NO4S/c1-6-4-7(2)8(10)9(5-6)13-14(3,11)12/h6-7H,4-5H2,1-3H3/t6-,7-/m0/s1. The molecule has 0 aromatic heterocycles. The molecule has 1 fully saturated rings. The molecule has 0 bridgehead atoms. The fourth-order valence-corrected chi connectivity index (χ4v) is 2.09. The number of carbonyl (C=O) groups excluding carboxylic acids is 1. The molecule has 0 radical (unpaired) electrons. The monoisotopic (exact) mass is 221 g/mol. The highest BCUT2D eigenvalue weighted by atomic mass is 32.2. The van der Waals surface area contributed by atoms with Crippen LogP contribution in [0.25, 0.3) is 0 Å². The molecular formula is C8H15NO4S. The van der Waals surface area contributed by atoms with E-state index in [-0.39, 0.29) is 17.7 Å². The average molecular weight is 221 g/mol. The van der Waals surface area contributed by atoms with Crippen LogP contribution in [0.15, 0.2) is 0 Å². The maximum absolute atomic E-state index is 11.5. The van der Waals surface area contributed by atoms with Crippen molar-refractivity contribution >= 4 is 16.0 Å². The predicted octanol–water partition coefficient (Wildman–Crippen LogP) is 0.382. The van der Waals surface area contributed by atoms with Gasteiger partial charge in [-0.05, 0) is 12.3 Å². The van der Waals surface area contributed by atoms with Gasteiger partial charge in [-0.2, -0.15) is 8.42 Å². The van der Waals surface area contributed by atoms with E-state index >= 15 is 0 Å². The number of carbonyl (C=O) groups is 1. The first-order valence-corrected chi connectivity index (χ1v) is 6.32. The summed E-state index contributed by atoms with van der Waals surface area (Å²) in [6.45, 7) is 4.08. The molecule has 1 heterocycles. The van der Waals surface area contributed by atoms with E-state index in [0.717, 1.165) is 17.7 Å². The predicted molar refractivity (Wildman–Crippen MR) is 50.6 cm³/mol. The van der Waals surface area contributed by atoms with Crippen molar-refractivity contribution in [3.05, 3.63) is 0 Å². The topological polar surface area (TPSA) is 63.7 Å². The first-order valence-electron chi connectivity index (χ1n) is 4.50. The third kappa shape index (κ3) is 2.95. The summed E-state index contributed by atoms with van der Waals surface area (Å²) in [5, 5.41) is 0.953. The minimum atomic E-state index is -3.60. The van der Waals surface area contributed by atoms with Crippen LogP contribution < -0.4 is 0 Å². The van der Waals surface area contributed by atoms with Crippen molar-refractivity contribution in [2.24, 2.45) is 11.8 Å². The van der Waals surface area contributed by atoms with E-state index in [1.165, 1.54) is 0 Å². The summed E-state index contributed by atoms with van der Waals surface area (Å²) >= 11 is 0. The summed E-state index contributed by atoms with van der Waals surface area (Å²) in [6.07, 6.45) is 1.71. The van der Waals surface area contributed by atoms with E-state index < -0.39 is 10.1 Å². The van der Waals surface area contributed by atoms with Crippen LogP contribution in [0.3, 0.4) is 0 Å². The summed E-state index contributed by atoms with van der Waals surface area (Å²) in [6, 6.07) is 0. The van der Waals surface area contributed by atoms with Crippen molar-refractivity contribution in [3.63, 3.8) is 0 Å². The zero-order valence-electron chi connectivity index (χ0n) is 8.56. The number of rotatable bonds is 2. The molecule has 0 spiro atoms. The van der Waals surface area contributed by atoms with Crippen LogP contribution in [0.1, 0.15) is 20.3 Å². The molecule has 0 N–H and O–H groups in total. The molecule has 82 valence electrons. The Kier molecular flexibility index (Phi) is 3.16. The maximum atomic E-state index is 11.5. The average Bonchev–Trinajstić information content (AvgIpc) is 1.96. The fraction of sp³-hybridized carbons (Fsp3) is 0.875. The third-order valence-corrected chi connectivity index (χ3v) is 2.58. The first-order chi connectivity index (χ1) is 6.29. The molecule has 0 saturated carbocycles. The molecule has 6 heteroatoms. The number of amides is 1. The Morgan fingerprint density at radius 1 is 1.43 bits per heavy atom. The quantitative estimate of drug-likeness (QED) is 0.676. The largest absolute Gasteiger partial charge is 0.285 e. The molecule has 0 unspecified atom stereocenters. The van der Waals surface area contributed by atoms with Crippen LogP contribution in [-0.2, 0) is 19.2 Å². The van der Waals surface area contributed by atoms with Crippen LogP contribution in [0.2, 0.25) is 0 Å². The highest BCUT2D eigenvalue weighted by Crippen LogP contribution is 2.22. The van der Waals surface area contributed by atoms with Gasteiger partial charge in [-0.1, -0.05) is 13.8 Å². The lowest BCUT2D eigenvalue weighted by Crippen LogP contribution is -2.44. The summed E-state index contributed by atoms with van der Waals surface area (Å²) in [5.41, 5.74) is 0. The maximum Gasteiger partial charge on any atom is 0.285 e. The van der Waals surface area contributed by atoms with Crippen LogP contribution in [0.5, 0.6) is 0 Å². The summed E-state index contributed by atoms with van der Waals surface area (Å²) in [5.74, 6) is -0.154. The Morgan fingerprint density at radius 3 is 2.50 bits per heavy atom. The zero-order valence-corrected chi connectivity index (χ0v) is 9.37. The second-order valence-electron chi connectivity index (χ2n) is 3.92. The van der Waals surface area contributed by atoms with Crippen molar-refractivity contribution in [2.45, 2.75) is 20.3 Å². The number of hydrogen-bond acceptors (Lipinski definition) is 4. The van der Waals surface area contributed by atoms with Gasteiger partial charge < -0.3 is 0 Å².